The predicted octanol–water partition coefficient (Wildman–Crippen LogP) is 2.91. The summed E-state index contributed by atoms with van der Waals surface area (Å²) in [5, 5.41) is 4.90. The van der Waals surface area contributed by atoms with E-state index in [2.05, 4.69) is 35.1 Å². The first-order valence-corrected chi connectivity index (χ1v) is 7.65. The molecule has 2 heteroatoms. The number of nitrogens with zero attached hydrogens (tertiary/aromatic N) is 1. The van der Waals surface area contributed by atoms with Crippen LogP contribution >= 0.6 is 0 Å². The molecule has 100 valence electrons. The molecule has 0 saturated carbocycles. The van der Waals surface area contributed by atoms with Crippen molar-refractivity contribution in [2.75, 3.05) is 13.6 Å². The Labute approximate surface area is 114 Å². The summed E-state index contributed by atoms with van der Waals surface area (Å²) in [6.45, 7) is 2.39. The van der Waals surface area contributed by atoms with Gasteiger partial charge in [0.1, 0.15) is 0 Å². The van der Waals surface area contributed by atoms with E-state index < -0.39 is 0 Å². The molecule has 1 aliphatic heterocycles. The lowest BCUT2D eigenvalue weighted by atomic mass is 9.86. The molecule has 1 aliphatic carbocycles. The van der Waals surface area contributed by atoms with Gasteiger partial charge in [-0.2, -0.15) is 0 Å². The molecule has 2 aromatic rings. The highest BCUT2D eigenvalue weighted by atomic mass is 15.0. The van der Waals surface area contributed by atoms with Gasteiger partial charge < -0.3 is 9.88 Å². The fourth-order valence-electron chi connectivity index (χ4n) is 4.19. The average Bonchev–Trinajstić information content (AvgIpc) is 2.77. The lowest BCUT2D eigenvalue weighted by Crippen LogP contribution is -2.25. The maximum absolute atomic E-state index is 3.35. The first-order chi connectivity index (χ1) is 9.38. The van der Waals surface area contributed by atoms with E-state index in [9.17, 15) is 0 Å². The van der Waals surface area contributed by atoms with Crippen molar-refractivity contribution in [1.29, 1.82) is 0 Å². The monoisotopic (exact) mass is 254 g/mol. The van der Waals surface area contributed by atoms with Gasteiger partial charge in [0.05, 0.1) is 5.52 Å². The summed E-state index contributed by atoms with van der Waals surface area (Å²) in [5.74, 6) is 0.820. The Morgan fingerprint density at radius 2 is 2.26 bits per heavy atom. The Hall–Kier alpha value is -1.28. The van der Waals surface area contributed by atoms with E-state index in [1.807, 2.05) is 0 Å². The Kier molecular flexibility index (Phi) is 2.66. The van der Waals surface area contributed by atoms with Gasteiger partial charge in [0.15, 0.2) is 0 Å². The highest BCUT2D eigenvalue weighted by Gasteiger charge is 2.27. The number of hydrogen-bond donors (Lipinski definition) is 1. The first kappa shape index (κ1) is 11.5. The number of hydrogen-bond acceptors (Lipinski definition) is 1. The van der Waals surface area contributed by atoms with E-state index in [1.54, 1.807) is 27.7 Å². The smallest absolute Gasteiger partial charge is 0.0517 e. The molecular formula is C17H22N2. The van der Waals surface area contributed by atoms with E-state index in [0.717, 1.165) is 12.5 Å². The number of para-hydroxylation sites is 1. The summed E-state index contributed by atoms with van der Waals surface area (Å²) in [5.41, 5.74) is 6.44. The van der Waals surface area contributed by atoms with Gasteiger partial charge in [0, 0.05) is 17.6 Å². The zero-order chi connectivity index (χ0) is 12.8. The molecule has 0 radical (unpaired) electrons. The van der Waals surface area contributed by atoms with E-state index in [1.165, 1.54) is 38.6 Å². The quantitative estimate of drug-likeness (QED) is 0.872. The van der Waals surface area contributed by atoms with Crippen LogP contribution in [-0.2, 0) is 25.8 Å². The van der Waals surface area contributed by atoms with Crippen LogP contribution in [0.25, 0.3) is 10.9 Å². The predicted molar refractivity (Wildman–Crippen MR) is 79.7 cm³/mol. The van der Waals surface area contributed by atoms with Crippen LogP contribution in [0.3, 0.4) is 0 Å². The highest BCUT2D eigenvalue weighted by Crippen LogP contribution is 2.37. The van der Waals surface area contributed by atoms with Crippen LogP contribution in [0.15, 0.2) is 18.2 Å². The SMILES string of the molecule is CNCC1CCc2c(c3cccc4c3n2CCC4)C1. The topological polar surface area (TPSA) is 17.0 Å². The van der Waals surface area contributed by atoms with Crippen molar-refractivity contribution in [3.63, 3.8) is 0 Å². The van der Waals surface area contributed by atoms with Crippen LogP contribution < -0.4 is 5.32 Å². The molecule has 0 fully saturated rings. The molecular weight excluding hydrogens is 232 g/mol. The third-order valence-corrected chi connectivity index (χ3v) is 4.99. The maximum Gasteiger partial charge on any atom is 0.0517 e. The van der Waals surface area contributed by atoms with Crippen molar-refractivity contribution < 1.29 is 0 Å². The Morgan fingerprint density at radius 1 is 1.32 bits per heavy atom. The molecule has 0 bridgehead atoms. The largest absolute Gasteiger partial charge is 0.344 e. The number of nitrogens with one attached hydrogen (secondary N) is 1. The molecule has 0 amide bonds. The van der Waals surface area contributed by atoms with Crippen molar-refractivity contribution in [2.24, 2.45) is 5.92 Å². The molecule has 0 spiro atoms. The molecule has 19 heavy (non-hydrogen) atoms. The molecule has 1 unspecified atom stereocenters. The van der Waals surface area contributed by atoms with Crippen molar-refractivity contribution in [2.45, 2.75) is 38.6 Å². The molecule has 1 atom stereocenters. The Morgan fingerprint density at radius 3 is 3.16 bits per heavy atom. The standard InChI is InChI=1S/C17H22N2/c1-18-11-12-7-8-16-15(10-12)14-6-2-4-13-5-3-9-19(16)17(13)14/h2,4,6,12,18H,3,5,7-11H2,1H3. The normalized spacial score (nSPS) is 21.6. The third-order valence-electron chi connectivity index (χ3n) is 4.99. The van der Waals surface area contributed by atoms with Crippen molar-refractivity contribution in [3.05, 3.63) is 35.0 Å². The van der Waals surface area contributed by atoms with E-state index in [4.69, 9.17) is 0 Å². The summed E-state index contributed by atoms with van der Waals surface area (Å²) >= 11 is 0. The van der Waals surface area contributed by atoms with Crippen LogP contribution in [0.2, 0.25) is 0 Å². The summed E-state index contributed by atoms with van der Waals surface area (Å²) in [6, 6.07) is 6.94. The summed E-state index contributed by atoms with van der Waals surface area (Å²) < 4.78 is 2.64. The van der Waals surface area contributed by atoms with Crippen molar-refractivity contribution >= 4 is 10.9 Å². The summed E-state index contributed by atoms with van der Waals surface area (Å²) in [6.07, 6.45) is 6.46. The zero-order valence-corrected chi connectivity index (χ0v) is 11.7. The second-order valence-electron chi connectivity index (χ2n) is 6.16. The van der Waals surface area contributed by atoms with Crippen LogP contribution in [0, 0.1) is 5.92 Å². The van der Waals surface area contributed by atoms with Gasteiger partial charge in [-0.3, -0.25) is 0 Å². The zero-order valence-electron chi connectivity index (χ0n) is 11.7. The number of aryl methyl sites for hydroxylation is 2. The number of rotatable bonds is 2. The Balaban J connectivity index is 1.89. The molecule has 2 aliphatic rings. The minimum atomic E-state index is 0.820. The fraction of sp³-hybridized carbons (Fsp3) is 0.529. The van der Waals surface area contributed by atoms with E-state index in [0.29, 0.717) is 0 Å². The minimum absolute atomic E-state index is 0.820. The lowest BCUT2D eigenvalue weighted by molar-refractivity contribution is 0.429. The molecule has 0 saturated heterocycles. The van der Waals surface area contributed by atoms with E-state index >= 15 is 0 Å². The molecule has 1 N–H and O–H groups in total. The van der Waals surface area contributed by atoms with Gasteiger partial charge in [0.2, 0.25) is 0 Å². The maximum atomic E-state index is 3.35. The van der Waals surface area contributed by atoms with Gasteiger partial charge in [-0.05, 0) is 62.7 Å². The lowest BCUT2D eigenvalue weighted by Gasteiger charge is -2.24. The fourth-order valence-corrected chi connectivity index (χ4v) is 4.19. The van der Waals surface area contributed by atoms with Gasteiger partial charge in [0.25, 0.3) is 0 Å². The van der Waals surface area contributed by atoms with E-state index in [-0.39, 0.29) is 0 Å². The van der Waals surface area contributed by atoms with Crippen LogP contribution in [0.1, 0.15) is 29.7 Å². The number of aromatic nitrogens is 1. The second kappa shape index (κ2) is 4.38. The highest BCUT2D eigenvalue weighted by molar-refractivity contribution is 5.89. The molecule has 1 aromatic carbocycles. The van der Waals surface area contributed by atoms with Gasteiger partial charge in [-0.25, -0.2) is 0 Å². The van der Waals surface area contributed by atoms with Gasteiger partial charge in [-0.15, -0.1) is 0 Å². The minimum Gasteiger partial charge on any atom is -0.344 e. The summed E-state index contributed by atoms with van der Waals surface area (Å²) in [4.78, 5) is 0. The summed E-state index contributed by atoms with van der Waals surface area (Å²) in [7, 11) is 2.07. The second-order valence-corrected chi connectivity index (χ2v) is 6.16. The van der Waals surface area contributed by atoms with Crippen LogP contribution in [0.5, 0.6) is 0 Å². The van der Waals surface area contributed by atoms with Gasteiger partial charge in [-0.1, -0.05) is 18.2 Å². The van der Waals surface area contributed by atoms with Crippen molar-refractivity contribution in [1.82, 2.24) is 9.88 Å². The molecule has 2 nitrogen and oxygen atoms in total. The third kappa shape index (κ3) is 1.66. The first-order valence-electron chi connectivity index (χ1n) is 7.65. The van der Waals surface area contributed by atoms with Crippen molar-refractivity contribution in [3.8, 4) is 0 Å². The molecule has 4 rings (SSSR count). The number of benzene rings is 1. The van der Waals surface area contributed by atoms with Crippen LogP contribution in [-0.4, -0.2) is 18.2 Å². The van der Waals surface area contributed by atoms with Crippen LogP contribution in [0.4, 0.5) is 0 Å². The number of fused-ring (bicyclic) bond motifs is 3. The van der Waals surface area contributed by atoms with Gasteiger partial charge >= 0.3 is 0 Å². The average molecular weight is 254 g/mol. The molecule has 2 heterocycles. The Bertz CT molecular complexity index is 624. The molecule has 1 aromatic heterocycles.